The van der Waals surface area contributed by atoms with Crippen molar-refractivity contribution in [1.82, 2.24) is 4.90 Å². The van der Waals surface area contributed by atoms with Gasteiger partial charge in [0.15, 0.2) is 0 Å². The van der Waals surface area contributed by atoms with Gasteiger partial charge in [0.2, 0.25) is 0 Å². The van der Waals surface area contributed by atoms with E-state index in [9.17, 15) is 4.79 Å². The summed E-state index contributed by atoms with van der Waals surface area (Å²) in [5, 5.41) is 18.0. The number of nitriles is 1. The molecule has 22 heavy (non-hydrogen) atoms. The molecule has 0 aliphatic carbocycles. The van der Waals surface area contributed by atoms with Gasteiger partial charge in [0.05, 0.1) is 18.1 Å². The van der Waals surface area contributed by atoms with Gasteiger partial charge in [0.25, 0.3) is 0 Å². The van der Waals surface area contributed by atoms with Crippen molar-refractivity contribution < 1.29 is 9.90 Å². The van der Waals surface area contributed by atoms with Gasteiger partial charge in [-0.2, -0.15) is 5.26 Å². The first-order valence-electron chi connectivity index (χ1n) is 7.88. The molecule has 1 saturated heterocycles. The van der Waals surface area contributed by atoms with Crippen LogP contribution in [0.25, 0.3) is 0 Å². The third kappa shape index (κ3) is 5.05. The summed E-state index contributed by atoms with van der Waals surface area (Å²) in [6.45, 7) is 4.46. The summed E-state index contributed by atoms with van der Waals surface area (Å²) in [6, 6.07) is 9.53. The third-order valence-electron chi connectivity index (χ3n) is 4.07. The SMILES string of the molecule is N#Cc1cccc(N(CCC(=O)O)CCN2CCCCC2)c1. The Labute approximate surface area is 131 Å². The molecule has 1 fully saturated rings. The molecular formula is C17H23N3O2. The van der Waals surface area contributed by atoms with Gasteiger partial charge in [-0.15, -0.1) is 0 Å². The predicted octanol–water partition coefficient (Wildman–Crippen LogP) is 2.33. The van der Waals surface area contributed by atoms with E-state index in [0.717, 1.165) is 31.9 Å². The maximum absolute atomic E-state index is 10.9. The van der Waals surface area contributed by atoms with Gasteiger partial charge in [-0.25, -0.2) is 0 Å². The Morgan fingerprint density at radius 2 is 2.05 bits per heavy atom. The second kappa shape index (κ2) is 8.40. The Bertz CT molecular complexity index is 533. The van der Waals surface area contributed by atoms with Crippen molar-refractivity contribution >= 4 is 11.7 Å². The van der Waals surface area contributed by atoms with Crippen LogP contribution in [0.15, 0.2) is 24.3 Å². The number of aliphatic carboxylic acids is 1. The van der Waals surface area contributed by atoms with Crippen molar-refractivity contribution in [2.75, 3.05) is 37.6 Å². The molecule has 0 spiro atoms. The largest absolute Gasteiger partial charge is 0.481 e. The van der Waals surface area contributed by atoms with Crippen LogP contribution in [0, 0.1) is 11.3 Å². The first kappa shape index (κ1) is 16.3. The first-order chi connectivity index (χ1) is 10.7. The van der Waals surface area contributed by atoms with Crippen molar-refractivity contribution in [2.24, 2.45) is 0 Å². The number of carboxylic acids is 1. The first-order valence-corrected chi connectivity index (χ1v) is 7.88. The van der Waals surface area contributed by atoms with E-state index in [2.05, 4.69) is 15.9 Å². The van der Waals surface area contributed by atoms with Crippen molar-refractivity contribution in [1.29, 1.82) is 5.26 Å². The summed E-state index contributed by atoms with van der Waals surface area (Å²) in [4.78, 5) is 15.4. The third-order valence-corrected chi connectivity index (χ3v) is 4.07. The van der Waals surface area contributed by atoms with E-state index in [0.29, 0.717) is 12.1 Å². The summed E-state index contributed by atoms with van der Waals surface area (Å²) in [6.07, 6.45) is 3.91. The van der Waals surface area contributed by atoms with Crippen LogP contribution < -0.4 is 4.90 Å². The van der Waals surface area contributed by atoms with Gasteiger partial charge in [0, 0.05) is 25.3 Å². The normalized spacial score (nSPS) is 15.2. The van der Waals surface area contributed by atoms with Crippen LogP contribution in [0.2, 0.25) is 0 Å². The number of hydrogen-bond donors (Lipinski definition) is 1. The fraction of sp³-hybridized carbons (Fsp3) is 0.529. The van der Waals surface area contributed by atoms with E-state index in [1.54, 1.807) is 6.07 Å². The van der Waals surface area contributed by atoms with E-state index in [1.165, 1.54) is 19.3 Å². The number of carbonyl (C=O) groups is 1. The molecule has 118 valence electrons. The maximum atomic E-state index is 10.9. The zero-order valence-electron chi connectivity index (χ0n) is 12.9. The molecule has 1 aromatic rings. The Morgan fingerprint density at radius 1 is 1.27 bits per heavy atom. The number of hydrogen-bond acceptors (Lipinski definition) is 4. The topological polar surface area (TPSA) is 67.6 Å². The van der Waals surface area contributed by atoms with E-state index in [1.807, 2.05) is 18.2 Å². The lowest BCUT2D eigenvalue weighted by molar-refractivity contribution is -0.136. The number of anilines is 1. The van der Waals surface area contributed by atoms with Crippen molar-refractivity contribution in [3.63, 3.8) is 0 Å². The molecule has 0 atom stereocenters. The summed E-state index contributed by atoms with van der Waals surface area (Å²) in [7, 11) is 0. The van der Waals surface area contributed by atoms with Crippen LogP contribution in [0.5, 0.6) is 0 Å². The number of rotatable bonds is 7. The Hall–Kier alpha value is -2.06. The number of likely N-dealkylation sites (tertiary alicyclic amines) is 1. The minimum Gasteiger partial charge on any atom is -0.481 e. The second-order valence-corrected chi connectivity index (χ2v) is 5.70. The molecule has 1 aromatic carbocycles. The highest BCUT2D eigenvalue weighted by molar-refractivity contribution is 5.67. The summed E-state index contributed by atoms with van der Waals surface area (Å²) in [5.74, 6) is -0.792. The van der Waals surface area contributed by atoms with E-state index in [4.69, 9.17) is 10.4 Å². The lowest BCUT2D eigenvalue weighted by Gasteiger charge is -2.31. The lowest BCUT2D eigenvalue weighted by atomic mass is 10.1. The molecule has 1 heterocycles. The molecule has 5 nitrogen and oxygen atoms in total. The maximum Gasteiger partial charge on any atom is 0.305 e. The molecule has 1 N–H and O–H groups in total. The molecule has 0 radical (unpaired) electrons. The summed E-state index contributed by atoms with van der Waals surface area (Å²) in [5.41, 5.74) is 1.54. The lowest BCUT2D eigenvalue weighted by Crippen LogP contribution is -2.38. The van der Waals surface area contributed by atoms with E-state index >= 15 is 0 Å². The summed E-state index contributed by atoms with van der Waals surface area (Å²) < 4.78 is 0. The van der Waals surface area contributed by atoms with Gasteiger partial charge in [-0.1, -0.05) is 12.5 Å². The van der Waals surface area contributed by atoms with Gasteiger partial charge in [0.1, 0.15) is 0 Å². The molecule has 1 aliphatic heterocycles. The second-order valence-electron chi connectivity index (χ2n) is 5.70. The highest BCUT2D eigenvalue weighted by atomic mass is 16.4. The molecule has 0 aromatic heterocycles. The average molecular weight is 301 g/mol. The molecule has 0 amide bonds. The smallest absolute Gasteiger partial charge is 0.305 e. The fourth-order valence-corrected chi connectivity index (χ4v) is 2.82. The quantitative estimate of drug-likeness (QED) is 0.837. The van der Waals surface area contributed by atoms with Crippen LogP contribution in [-0.2, 0) is 4.79 Å². The number of piperidine rings is 1. The molecular weight excluding hydrogens is 278 g/mol. The van der Waals surface area contributed by atoms with Crippen LogP contribution in [0.1, 0.15) is 31.2 Å². The summed E-state index contributed by atoms with van der Waals surface area (Å²) >= 11 is 0. The highest BCUT2D eigenvalue weighted by Gasteiger charge is 2.14. The average Bonchev–Trinajstić information content (AvgIpc) is 2.55. The van der Waals surface area contributed by atoms with Gasteiger partial charge < -0.3 is 14.9 Å². The number of benzene rings is 1. The zero-order valence-corrected chi connectivity index (χ0v) is 12.9. The Kier molecular flexibility index (Phi) is 6.23. The molecule has 0 unspecified atom stereocenters. The molecule has 1 aliphatic rings. The van der Waals surface area contributed by atoms with Crippen LogP contribution in [-0.4, -0.2) is 48.7 Å². The number of carboxylic acid groups (broad SMARTS) is 1. The van der Waals surface area contributed by atoms with Crippen LogP contribution in [0.3, 0.4) is 0 Å². The minimum absolute atomic E-state index is 0.108. The fourth-order valence-electron chi connectivity index (χ4n) is 2.82. The Morgan fingerprint density at radius 3 is 2.73 bits per heavy atom. The highest BCUT2D eigenvalue weighted by Crippen LogP contribution is 2.17. The monoisotopic (exact) mass is 301 g/mol. The van der Waals surface area contributed by atoms with Gasteiger partial charge in [-0.05, 0) is 44.1 Å². The van der Waals surface area contributed by atoms with Crippen molar-refractivity contribution in [3.05, 3.63) is 29.8 Å². The standard InChI is InChI=1S/C17H23N3O2/c18-14-15-5-4-6-16(13-15)20(10-7-17(21)22)12-11-19-8-2-1-3-9-19/h4-6,13H,1-3,7-12H2,(H,21,22). The zero-order chi connectivity index (χ0) is 15.8. The van der Waals surface area contributed by atoms with Gasteiger partial charge >= 0.3 is 5.97 Å². The number of nitrogens with zero attached hydrogens (tertiary/aromatic N) is 3. The van der Waals surface area contributed by atoms with Crippen molar-refractivity contribution in [3.8, 4) is 6.07 Å². The van der Waals surface area contributed by atoms with E-state index < -0.39 is 5.97 Å². The minimum atomic E-state index is -0.792. The molecule has 0 saturated carbocycles. The van der Waals surface area contributed by atoms with Crippen LogP contribution in [0.4, 0.5) is 5.69 Å². The Balaban J connectivity index is 2.00. The molecule has 0 bridgehead atoms. The van der Waals surface area contributed by atoms with Crippen LogP contribution >= 0.6 is 0 Å². The predicted molar refractivity (Wildman–Crippen MR) is 85.9 cm³/mol. The van der Waals surface area contributed by atoms with E-state index in [-0.39, 0.29) is 6.42 Å². The van der Waals surface area contributed by atoms with Crippen molar-refractivity contribution in [2.45, 2.75) is 25.7 Å². The molecule has 2 rings (SSSR count). The van der Waals surface area contributed by atoms with Gasteiger partial charge in [-0.3, -0.25) is 4.79 Å². The molecule has 5 heteroatoms.